The van der Waals surface area contributed by atoms with Crippen molar-refractivity contribution in [2.45, 2.75) is 6.92 Å². The Morgan fingerprint density at radius 3 is 2.50 bits per heavy atom. The van der Waals surface area contributed by atoms with Gasteiger partial charge in [0, 0.05) is 16.1 Å². The SMILES string of the molecule is Cc1sc2nnc(-c3cccc(N)c3)n2c1-c1ccccc1. The highest BCUT2D eigenvalue weighted by molar-refractivity contribution is 7.17. The summed E-state index contributed by atoms with van der Waals surface area (Å²) in [4.78, 5) is 2.12. The van der Waals surface area contributed by atoms with Crippen LogP contribution in [0.5, 0.6) is 0 Å². The lowest BCUT2D eigenvalue weighted by atomic mass is 10.1. The maximum Gasteiger partial charge on any atom is 0.217 e. The average molecular weight is 306 g/mol. The second kappa shape index (κ2) is 4.96. The van der Waals surface area contributed by atoms with Gasteiger partial charge in [0.25, 0.3) is 0 Å². The third-order valence-corrected chi connectivity index (χ3v) is 4.57. The van der Waals surface area contributed by atoms with E-state index in [9.17, 15) is 0 Å². The highest BCUT2D eigenvalue weighted by Crippen LogP contribution is 2.34. The molecule has 0 fully saturated rings. The molecule has 0 atom stereocenters. The molecule has 2 aromatic heterocycles. The van der Waals surface area contributed by atoms with Crippen LogP contribution >= 0.6 is 11.3 Å². The van der Waals surface area contributed by atoms with Crippen molar-refractivity contribution in [1.82, 2.24) is 14.6 Å². The van der Waals surface area contributed by atoms with Crippen LogP contribution in [0, 0.1) is 6.92 Å². The minimum absolute atomic E-state index is 0.725. The van der Waals surface area contributed by atoms with Crippen molar-refractivity contribution in [3.8, 4) is 22.6 Å². The standard InChI is InChI=1S/C17H14N4S/c1-11-15(12-6-3-2-4-7-12)21-16(19-20-17(21)22-11)13-8-5-9-14(18)10-13/h2-10H,18H2,1H3. The van der Waals surface area contributed by atoms with Gasteiger partial charge in [-0.3, -0.25) is 4.40 Å². The fourth-order valence-electron chi connectivity index (χ4n) is 2.67. The van der Waals surface area contributed by atoms with Crippen LogP contribution in [0.2, 0.25) is 0 Å². The van der Waals surface area contributed by atoms with E-state index >= 15 is 0 Å². The molecule has 0 aliphatic rings. The summed E-state index contributed by atoms with van der Waals surface area (Å²) in [7, 11) is 0. The van der Waals surface area contributed by atoms with Crippen LogP contribution in [0.15, 0.2) is 54.6 Å². The first kappa shape index (κ1) is 13.0. The zero-order chi connectivity index (χ0) is 15.1. The Morgan fingerprint density at radius 2 is 1.73 bits per heavy atom. The molecule has 0 bridgehead atoms. The Balaban J connectivity index is 2.02. The van der Waals surface area contributed by atoms with Crippen LogP contribution < -0.4 is 5.73 Å². The molecule has 2 N–H and O–H groups in total. The molecule has 4 rings (SSSR count). The number of rotatable bonds is 2. The van der Waals surface area contributed by atoms with Crippen LogP contribution in [0.25, 0.3) is 27.6 Å². The normalized spacial score (nSPS) is 11.1. The molecule has 0 saturated heterocycles. The molecule has 0 saturated carbocycles. The number of hydrogen-bond acceptors (Lipinski definition) is 4. The summed E-state index contributed by atoms with van der Waals surface area (Å²) < 4.78 is 2.12. The van der Waals surface area contributed by atoms with Gasteiger partial charge in [-0.25, -0.2) is 0 Å². The summed E-state index contributed by atoms with van der Waals surface area (Å²) in [6.45, 7) is 2.12. The maximum absolute atomic E-state index is 5.91. The minimum atomic E-state index is 0.725. The smallest absolute Gasteiger partial charge is 0.217 e. The number of aryl methyl sites for hydroxylation is 1. The molecule has 0 unspecified atom stereocenters. The molecule has 2 aromatic carbocycles. The molecule has 2 heterocycles. The summed E-state index contributed by atoms with van der Waals surface area (Å²) >= 11 is 1.65. The van der Waals surface area contributed by atoms with Crippen LogP contribution in [0.4, 0.5) is 5.69 Å². The van der Waals surface area contributed by atoms with Gasteiger partial charge in [-0.2, -0.15) is 0 Å². The second-order valence-corrected chi connectivity index (χ2v) is 6.32. The monoisotopic (exact) mass is 306 g/mol. The van der Waals surface area contributed by atoms with Crippen molar-refractivity contribution in [2.24, 2.45) is 0 Å². The lowest BCUT2D eigenvalue weighted by Gasteiger charge is -2.05. The predicted octanol–water partition coefficient (Wildman–Crippen LogP) is 4.02. The van der Waals surface area contributed by atoms with Gasteiger partial charge in [-0.1, -0.05) is 53.8 Å². The van der Waals surface area contributed by atoms with Gasteiger partial charge in [0.15, 0.2) is 5.82 Å². The first-order valence-electron chi connectivity index (χ1n) is 7.00. The molecule has 4 aromatic rings. The summed E-state index contributed by atoms with van der Waals surface area (Å²) in [6, 6.07) is 18.1. The first-order chi connectivity index (χ1) is 10.7. The quantitative estimate of drug-likeness (QED) is 0.569. The summed E-state index contributed by atoms with van der Waals surface area (Å²) in [5.74, 6) is 0.825. The summed E-state index contributed by atoms with van der Waals surface area (Å²) in [5.41, 5.74) is 9.91. The van der Waals surface area contributed by atoms with Gasteiger partial charge in [-0.05, 0) is 24.6 Å². The number of thiazole rings is 1. The first-order valence-corrected chi connectivity index (χ1v) is 7.81. The zero-order valence-electron chi connectivity index (χ0n) is 12.0. The number of aromatic nitrogens is 3. The maximum atomic E-state index is 5.91. The largest absolute Gasteiger partial charge is 0.399 e. The molecule has 0 aliphatic heterocycles. The molecule has 4 nitrogen and oxygen atoms in total. The van der Waals surface area contributed by atoms with Crippen molar-refractivity contribution >= 4 is 22.0 Å². The van der Waals surface area contributed by atoms with E-state index in [-0.39, 0.29) is 0 Å². The van der Waals surface area contributed by atoms with Crippen LogP contribution in [-0.4, -0.2) is 14.6 Å². The van der Waals surface area contributed by atoms with E-state index in [0.29, 0.717) is 0 Å². The van der Waals surface area contributed by atoms with Crippen molar-refractivity contribution in [2.75, 3.05) is 5.73 Å². The molecule has 108 valence electrons. The van der Waals surface area contributed by atoms with Gasteiger partial charge in [0.2, 0.25) is 4.96 Å². The number of nitrogens with zero attached hydrogens (tertiary/aromatic N) is 3. The van der Waals surface area contributed by atoms with Gasteiger partial charge in [0.05, 0.1) is 5.69 Å². The molecular formula is C17H14N4S. The molecule has 5 heteroatoms. The number of nitrogens with two attached hydrogens (primary N) is 1. The van der Waals surface area contributed by atoms with E-state index in [1.165, 1.54) is 4.88 Å². The highest BCUT2D eigenvalue weighted by atomic mass is 32.1. The molecule has 0 amide bonds. The Morgan fingerprint density at radius 1 is 0.955 bits per heavy atom. The van der Waals surface area contributed by atoms with E-state index in [1.54, 1.807) is 11.3 Å². The van der Waals surface area contributed by atoms with Crippen LogP contribution in [0.3, 0.4) is 0 Å². The van der Waals surface area contributed by atoms with Gasteiger partial charge >= 0.3 is 0 Å². The predicted molar refractivity (Wildman–Crippen MR) is 90.9 cm³/mol. The van der Waals surface area contributed by atoms with Crippen LogP contribution in [0.1, 0.15) is 4.88 Å². The minimum Gasteiger partial charge on any atom is -0.399 e. The lowest BCUT2D eigenvalue weighted by molar-refractivity contribution is 1.11. The highest BCUT2D eigenvalue weighted by Gasteiger charge is 2.17. The Kier molecular flexibility index (Phi) is 2.94. The molecule has 0 radical (unpaired) electrons. The van der Waals surface area contributed by atoms with E-state index in [2.05, 4.69) is 33.7 Å². The molecule has 0 aliphatic carbocycles. The van der Waals surface area contributed by atoms with E-state index in [0.717, 1.165) is 33.3 Å². The Hall–Kier alpha value is -2.66. The van der Waals surface area contributed by atoms with E-state index in [1.807, 2.05) is 42.5 Å². The topological polar surface area (TPSA) is 56.2 Å². The number of benzene rings is 2. The fourth-order valence-corrected chi connectivity index (χ4v) is 3.60. The van der Waals surface area contributed by atoms with E-state index < -0.39 is 0 Å². The number of anilines is 1. The average Bonchev–Trinajstić information content (AvgIpc) is 3.06. The van der Waals surface area contributed by atoms with Gasteiger partial charge in [-0.15, -0.1) is 10.2 Å². The second-order valence-electron chi connectivity index (χ2n) is 5.14. The van der Waals surface area contributed by atoms with Crippen molar-refractivity contribution in [3.63, 3.8) is 0 Å². The van der Waals surface area contributed by atoms with E-state index in [4.69, 9.17) is 5.73 Å². The fraction of sp³-hybridized carbons (Fsp3) is 0.0588. The van der Waals surface area contributed by atoms with Crippen molar-refractivity contribution < 1.29 is 0 Å². The number of nitrogen functional groups attached to an aromatic ring is 1. The number of hydrogen-bond donors (Lipinski definition) is 1. The lowest BCUT2D eigenvalue weighted by Crippen LogP contribution is -1.93. The van der Waals surface area contributed by atoms with Crippen molar-refractivity contribution in [1.29, 1.82) is 0 Å². The van der Waals surface area contributed by atoms with Crippen molar-refractivity contribution in [3.05, 3.63) is 59.5 Å². The third kappa shape index (κ3) is 1.98. The Bertz CT molecular complexity index is 953. The zero-order valence-corrected chi connectivity index (χ0v) is 12.8. The summed E-state index contributed by atoms with van der Waals surface area (Å²) in [5, 5.41) is 8.68. The molecular weight excluding hydrogens is 292 g/mol. The Labute approximate surface area is 131 Å². The molecule has 22 heavy (non-hydrogen) atoms. The van der Waals surface area contributed by atoms with Gasteiger partial charge in [0.1, 0.15) is 0 Å². The number of fused-ring (bicyclic) bond motifs is 1. The van der Waals surface area contributed by atoms with Gasteiger partial charge < -0.3 is 5.73 Å². The third-order valence-electron chi connectivity index (χ3n) is 3.63. The summed E-state index contributed by atoms with van der Waals surface area (Å²) in [6.07, 6.45) is 0. The van der Waals surface area contributed by atoms with Crippen LogP contribution in [-0.2, 0) is 0 Å². The molecule has 0 spiro atoms.